The zero-order valence-electron chi connectivity index (χ0n) is 15.6. The van der Waals surface area contributed by atoms with Gasteiger partial charge in [-0.25, -0.2) is 0 Å². The molecule has 3 rings (SSSR count). The van der Waals surface area contributed by atoms with Crippen molar-refractivity contribution < 1.29 is 19.4 Å². The van der Waals surface area contributed by atoms with Crippen LogP contribution in [0.15, 0.2) is 48.5 Å². The summed E-state index contributed by atoms with van der Waals surface area (Å²) in [4.78, 5) is 16.5. The number of phenolic OH excluding ortho intramolecular Hbond substituents is 1. The lowest BCUT2D eigenvalue weighted by Crippen LogP contribution is -2.49. The molecule has 0 spiro atoms. The van der Waals surface area contributed by atoms with Gasteiger partial charge in [0.15, 0.2) is 18.1 Å². The molecule has 0 atom stereocenters. The predicted octanol–water partition coefficient (Wildman–Crippen LogP) is 2.51. The molecule has 6 heteroatoms. The van der Waals surface area contributed by atoms with Gasteiger partial charge in [-0.1, -0.05) is 24.3 Å². The van der Waals surface area contributed by atoms with Crippen molar-refractivity contribution in [1.82, 2.24) is 9.80 Å². The number of carbonyl (C=O) groups excluding carboxylic acids is 1. The van der Waals surface area contributed by atoms with Crippen LogP contribution in [0.2, 0.25) is 0 Å². The zero-order valence-corrected chi connectivity index (χ0v) is 15.6. The van der Waals surface area contributed by atoms with Gasteiger partial charge in [0.25, 0.3) is 5.91 Å². The van der Waals surface area contributed by atoms with Gasteiger partial charge in [0, 0.05) is 32.7 Å². The van der Waals surface area contributed by atoms with Crippen molar-refractivity contribution in [2.24, 2.45) is 0 Å². The minimum absolute atomic E-state index is 0.0467. The molecule has 1 aliphatic heterocycles. The number of amides is 1. The number of hydrogen-bond donors (Lipinski definition) is 1. The Balaban J connectivity index is 1.42. The maximum absolute atomic E-state index is 12.3. The van der Waals surface area contributed by atoms with Gasteiger partial charge in [0.1, 0.15) is 5.75 Å². The van der Waals surface area contributed by atoms with Crippen molar-refractivity contribution in [2.45, 2.75) is 13.5 Å². The van der Waals surface area contributed by atoms with Crippen LogP contribution in [-0.4, -0.2) is 60.2 Å². The lowest BCUT2D eigenvalue weighted by atomic mass is 10.2. The van der Waals surface area contributed by atoms with E-state index >= 15 is 0 Å². The highest BCUT2D eigenvalue weighted by atomic mass is 16.5. The monoisotopic (exact) mass is 370 g/mol. The van der Waals surface area contributed by atoms with Gasteiger partial charge in [-0.2, -0.15) is 0 Å². The molecule has 1 fully saturated rings. The van der Waals surface area contributed by atoms with Crippen molar-refractivity contribution in [2.75, 3.05) is 39.4 Å². The molecule has 6 nitrogen and oxygen atoms in total. The Kier molecular flexibility index (Phi) is 6.54. The van der Waals surface area contributed by atoms with Crippen LogP contribution >= 0.6 is 0 Å². The van der Waals surface area contributed by atoms with E-state index in [1.807, 2.05) is 24.0 Å². The van der Waals surface area contributed by atoms with E-state index in [2.05, 4.69) is 17.0 Å². The Hall–Kier alpha value is -2.73. The number of carbonyl (C=O) groups is 1. The first kappa shape index (κ1) is 19.0. The van der Waals surface area contributed by atoms with E-state index in [1.165, 1.54) is 5.56 Å². The largest absolute Gasteiger partial charge is 0.504 e. The van der Waals surface area contributed by atoms with E-state index in [1.54, 1.807) is 24.3 Å². The summed E-state index contributed by atoms with van der Waals surface area (Å²) in [5.74, 6) is 1.21. The van der Waals surface area contributed by atoms with Crippen molar-refractivity contribution >= 4 is 5.91 Å². The molecule has 144 valence electrons. The van der Waals surface area contributed by atoms with Crippen LogP contribution in [0.1, 0.15) is 12.5 Å². The van der Waals surface area contributed by atoms with Crippen LogP contribution in [-0.2, 0) is 11.3 Å². The van der Waals surface area contributed by atoms with Crippen molar-refractivity contribution in [3.8, 4) is 17.2 Å². The SMILES string of the molecule is CCOc1ccc(CN2CCN(C(=O)COc3ccccc3O)CC2)cc1. The van der Waals surface area contributed by atoms with Gasteiger partial charge in [0.2, 0.25) is 0 Å². The number of piperazine rings is 1. The van der Waals surface area contributed by atoms with Gasteiger partial charge < -0.3 is 19.5 Å². The quantitative estimate of drug-likeness (QED) is 0.811. The molecule has 1 N–H and O–H groups in total. The first-order valence-corrected chi connectivity index (χ1v) is 9.28. The lowest BCUT2D eigenvalue weighted by molar-refractivity contribution is -0.135. The fourth-order valence-corrected chi connectivity index (χ4v) is 3.08. The van der Waals surface area contributed by atoms with Crippen LogP contribution < -0.4 is 9.47 Å². The van der Waals surface area contributed by atoms with E-state index in [0.717, 1.165) is 25.4 Å². The van der Waals surface area contributed by atoms with E-state index in [9.17, 15) is 9.90 Å². The Bertz CT molecular complexity index is 740. The maximum atomic E-state index is 12.3. The minimum Gasteiger partial charge on any atom is -0.504 e. The number of phenols is 1. The molecule has 1 aliphatic rings. The molecule has 1 heterocycles. The third-order valence-electron chi connectivity index (χ3n) is 4.58. The Labute approximate surface area is 159 Å². The van der Waals surface area contributed by atoms with E-state index < -0.39 is 0 Å². The summed E-state index contributed by atoms with van der Waals surface area (Å²) >= 11 is 0. The van der Waals surface area contributed by atoms with Crippen molar-refractivity contribution in [3.63, 3.8) is 0 Å². The topological polar surface area (TPSA) is 62.2 Å². The number of benzene rings is 2. The maximum Gasteiger partial charge on any atom is 0.260 e. The average Bonchev–Trinajstić information content (AvgIpc) is 2.69. The third kappa shape index (κ3) is 5.37. The van der Waals surface area contributed by atoms with Crippen molar-refractivity contribution in [3.05, 3.63) is 54.1 Å². The van der Waals surface area contributed by atoms with Crippen LogP contribution in [0.5, 0.6) is 17.2 Å². The first-order valence-electron chi connectivity index (χ1n) is 9.28. The number of nitrogens with zero attached hydrogens (tertiary/aromatic N) is 2. The van der Waals surface area contributed by atoms with Gasteiger partial charge >= 0.3 is 0 Å². The van der Waals surface area contributed by atoms with Crippen LogP contribution in [0.3, 0.4) is 0 Å². The van der Waals surface area contributed by atoms with Gasteiger partial charge in [-0.15, -0.1) is 0 Å². The minimum atomic E-state index is -0.0591. The molecule has 0 radical (unpaired) electrons. The van der Waals surface area contributed by atoms with Crippen LogP contribution in [0.4, 0.5) is 0 Å². The second-order valence-corrected chi connectivity index (χ2v) is 6.49. The highest BCUT2D eigenvalue weighted by molar-refractivity contribution is 5.78. The summed E-state index contributed by atoms with van der Waals surface area (Å²) in [6.07, 6.45) is 0. The number of ether oxygens (including phenoxy) is 2. The summed E-state index contributed by atoms with van der Waals surface area (Å²) in [7, 11) is 0. The molecular weight excluding hydrogens is 344 g/mol. The van der Waals surface area contributed by atoms with Crippen LogP contribution in [0, 0.1) is 0 Å². The molecule has 0 aliphatic carbocycles. The smallest absolute Gasteiger partial charge is 0.260 e. The fraction of sp³-hybridized carbons (Fsp3) is 0.381. The summed E-state index contributed by atoms with van der Waals surface area (Å²) in [5.41, 5.74) is 1.24. The highest BCUT2D eigenvalue weighted by Crippen LogP contribution is 2.24. The molecule has 27 heavy (non-hydrogen) atoms. The average molecular weight is 370 g/mol. The second kappa shape index (κ2) is 9.28. The molecule has 0 bridgehead atoms. The molecule has 0 aromatic heterocycles. The molecule has 1 saturated heterocycles. The Morgan fingerprint density at radius 1 is 1.00 bits per heavy atom. The predicted molar refractivity (Wildman–Crippen MR) is 103 cm³/mol. The number of hydrogen-bond acceptors (Lipinski definition) is 5. The number of aromatic hydroxyl groups is 1. The van der Waals surface area contributed by atoms with E-state index in [-0.39, 0.29) is 18.3 Å². The molecule has 2 aromatic rings. The lowest BCUT2D eigenvalue weighted by Gasteiger charge is -2.34. The standard InChI is InChI=1S/C21H26N2O4/c1-2-26-18-9-7-17(8-10-18)15-22-11-13-23(14-12-22)21(25)16-27-20-6-4-3-5-19(20)24/h3-10,24H,2,11-16H2,1H3. The van der Waals surface area contributed by atoms with Gasteiger partial charge in [0.05, 0.1) is 6.61 Å². The highest BCUT2D eigenvalue weighted by Gasteiger charge is 2.21. The van der Waals surface area contributed by atoms with Crippen molar-refractivity contribution in [1.29, 1.82) is 0 Å². The third-order valence-corrected chi connectivity index (χ3v) is 4.58. The number of para-hydroxylation sites is 2. The fourth-order valence-electron chi connectivity index (χ4n) is 3.08. The van der Waals surface area contributed by atoms with Gasteiger partial charge in [-0.05, 0) is 36.8 Å². The molecule has 0 saturated carbocycles. The summed E-state index contributed by atoms with van der Waals surface area (Å²) in [5, 5.41) is 9.69. The second-order valence-electron chi connectivity index (χ2n) is 6.49. The molecule has 2 aromatic carbocycles. The molecule has 0 unspecified atom stereocenters. The molecule has 1 amide bonds. The summed E-state index contributed by atoms with van der Waals surface area (Å²) < 4.78 is 10.9. The molecular formula is C21H26N2O4. The first-order chi connectivity index (χ1) is 13.2. The van der Waals surface area contributed by atoms with E-state index in [0.29, 0.717) is 25.4 Å². The zero-order chi connectivity index (χ0) is 19.1. The Morgan fingerprint density at radius 3 is 2.37 bits per heavy atom. The summed E-state index contributed by atoms with van der Waals surface area (Å²) in [6.45, 7) is 6.47. The number of rotatable bonds is 7. The normalized spacial score (nSPS) is 14.8. The summed E-state index contributed by atoms with van der Waals surface area (Å²) in [6, 6.07) is 14.8. The van der Waals surface area contributed by atoms with Crippen LogP contribution in [0.25, 0.3) is 0 Å². The van der Waals surface area contributed by atoms with E-state index in [4.69, 9.17) is 9.47 Å². The van der Waals surface area contributed by atoms with Gasteiger partial charge in [-0.3, -0.25) is 9.69 Å². The Morgan fingerprint density at radius 2 is 1.70 bits per heavy atom.